The maximum Gasteiger partial charge on any atom is 0.316 e. The second kappa shape index (κ2) is 5.93. The molecule has 1 aliphatic heterocycles. The number of hydrogen-bond donors (Lipinski definition) is 1. The van der Waals surface area contributed by atoms with E-state index in [1.807, 2.05) is 27.7 Å². The van der Waals surface area contributed by atoms with Crippen LogP contribution < -0.4 is 0 Å². The number of nitrogens with zero attached hydrogens (tertiary/aromatic N) is 1. The van der Waals surface area contributed by atoms with Gasteiger partial charge in [0.05, 0.1) is 0 Å². The van der Waals surface area contributed by atoms with Crippen molar-refractivity contribution in [3.8, 4) is 0 Å². The molecule has 1 aliphatic rings. The number of carbonyl (C=O) groups is 2. The second-order valence-electron chi connectivity index (χ2n) is 6.83. The topological polar surface area (TPSA) is 57.6 Å². The first-order valence-corrected chi connectivity index (χ1v) is 7.21. The highest BCUT2D eigenvalue weighted by molar-refractivity contribution is 5.98. The molecule has 0 spiro atoms. The van der Waals surface area contributed by atoms with Crippen molar-refractivity contribution >= 4 is 11.9 Å². The summed E-state index contributed by atoms with van der Waals surface area (Å²) < 4.78 is 0. The van der Waals surface area contributed by atoms with Gasteiger partial charge < -0.3 is 10.0 Å². The lowest BCUT2D eigenvalue weighted by Gasteiger charge is -2.41. The molecule has 110 valence electrons. The normalized spacial score (nSPS) is 26.1. The maximum absolute atomic E-state index is 12.6. The van der Waals surface area contributed by atoms with Gasteiger partial charge in [0.2, 0.25) is 5.91 Å². The van der Waals surface area contributed by atoms with Gasteiger partial charge in [0.15, 0.2) is 0 Å². The van der Waals surface area contributed by atoms with Gasteiger partial charge in [-0.1, -0.05) is 34.1 Å². The molecule has 0 bridgehead atoms. The highest BCUT2D eigenvalue weighted by atomic mass is 16.4. The van der Waals surface area contributed by atoms with E-state index in [-0.39, 0.29) is 11.9 Å². The molecule has 1 heterocycles. The number of likely N-dealkylation sites (tertiary alicyclic amines) is 1. The Morgan fingerprint density at radius 2 is 1.89 bits per heavy atom. The average molecular weight is 269 g/mol. The number of carboxylic acid groups (broad SMARTS) is 1. The van der Waals surface area contributed by atoms with Crippen molar-refractivity contribution in [2.45, 2.75) is 59.9 Å². The minimum atomic E-state index is -1.01. The van der Waals surface area contributed by atoms with Gasteiger partial charge in [0, 0.05) is 12.6 Å². The van der Waals surface area contributed by atoms with Gasteiger partial charge in [-0.3, -0.25) is 9.59 Å². The summed E-state index contributed by atoms with van der Waals surface area (Å²) in [6, 6.07) is 0.152. The zero-order chi connectivity index (χ0) is 14.8. The molecule has 4 nitrogen and oxygen atoms in total. The van der Waals surface area contributed by atoms with Crippen LogP contribution in [0.1, 0.15) is 53.9 Å². The fourth-order valence-electron chi connectivity index (χ4n) is 2.83. The highest BCUT2D eigenvalue weighted by Crippen LogP contribution is 2.32. The van der Waals surface area contributed by atoms with Gasteiger partial charge in [-0.25, -0.2) is 0 Å². The molecule has 19 heavy (non-hydrogen) atoms. The Bertz CT molecular complexity index is 346. The molecule has 1 N–H and O–H groups in total. The Labute approximate surface area is 116 Å². The van der Waals surface area contributed by atoms with Crippen molar-refractivity contribution in [1.29, 1.82) is 0 Å². The molecule has 3 unspecified atom stereocenters. The van der Waals surface area contributed by atoms with Crippen LogP contribution in [-0.2, 0) is 9.59 Å². The molecule has 4 heteroatoms. The van der Waals surface area contributed by atoms with Crippen LogP contribution in [0.3, 0.4) is 0 Å². The van der Waals surface area contributed by atoms with Crippen molar-refractivity contribution < 1.29 is 14.7 Å². The molecule has 1 fully saturated rings. The SMILES string of the molecule is CCC1CCC(C)N(C(=O)C(C(=O)O)C(C)(C)C)C1. The van der Waals surface area contributed by atoms with Gasteiger partial charge in [0.25, 0.3) is 0 Å². The lowest BCUT2D eigenvalue weighted by atomic mass is 9.78. The first-order valence-electron chi connectivity index (χ1n) is 7.21. The molecule has 1 saturated heterocycles. The zero-order valence-corrected chi connectivity index (χ0v) is 12.8. The molecular weight excluding hydrogens is 242 g/mol. The Hall–Kier alpha value is -1.06. The molecule has 1 amide bonds. The minimum absolute atomic E-state index is 0.152. The Balaban J connectivity index is 2.92. The van der Waals surface area contributed by atoms with Gasteiger partial charge in [0.1, 0.15) is 5.92 Å². The standard InChI is InChI=1S/C15H27NO3/c1-6-11-8-7-10(2)16(9-11)13(17)12(14(18)19)15(3,4)5/h10-12H,6-9H2,1-5H3,(H,18,19). The maximum atomic E-state index is 12.6. The van der Waals surface area contributed by atoms with Crippen LogP contribution in [0.4, 0.5) is 0 Å². The van der Waals surface area contributed by atoms with Gasteiger partial charge in [-0.2, -0.15) is 0 Å². The summed E-state index contributed by atoms with van der Waals surface area (Å²) in [5.41, 5.74) is -0.554. The van der Waals surface area contributed by atoms with E-state index in [1.165, 1.54) is 0 Å². The Morgan fingerprint density at radius 3 is 2.32 bits per heavy atom. The molecule has 0 aromatic rings. The van der Waals surface area contributed by atoms with Crippen LogP contribution in [0.2, 0.25) is 0 Å². The highest BCUT2D eigenvalue weighted by Gasteiger charge is 2.42. The van der Waals surface area contributed by atoms with E-state index in [9.17, 15) is 14.7 Å². The molecule has 0 aliphatic carbocycles. The summed E-state index contributed by atoms with van der Waals surface area (Å²) >= 11 is 0. The molecule has 3 atom stereocenters. The average Bonchev–Trinajstić information content (AvgIpc) is 2.27. The van der Waals surface area contributed by atoms with E-state index >= 15 is 0 Å². The van der Waals surface area contributed by atoms with E-state index in [0.29, 0.717) is 12.5 Å². The minimum Gasteiger partial charge on any atom is -0.481 e. The lowest BCUT2D eigenvalue weighted by molar-refractivity contribution is -0.158. The van der Waals surface area contributed by atoms with Crippen LogP contribution in [0.15, 0.2) is 0 Å². The van der Waals surface area contributed by atoms with E-state index < -0.39 is 17.3 Å². The van der Waals surface area contributed by atoms with E-state index in [2.05, 4.69) is 6.92 Å². The Morgan fingerprint density at radius 1 is 1.32 bits per heavy atom. The van der Waals surface area contributed by atoms with Crippen LogP contribution in [-0.4, -0.2) is 34.5 Å². The number of amides is 1. The largest absolute Gasteiger partial charge is 0.481 e. The summed E-state index contributed by atoms with van der Waals surface area (Å²) in [7, 11) is 0. The third-order valence-corrected chi connectivity index (χ3v) is 4.20. The number of piperidine rings is 1. The predicted molar refractivity (Wildman–Crippen MR) is 74.8 cm³/mol. The fraction of sp³-hybridized carbons (Fsp3) is 0.867. The van der Waals surface area contributed by atoms with E-state index in [4.69, 9.17) is 0 Å². The predicted octanol–water partition coefficient (Wildman–Crippen LogP) is 2.77. The third-order valence-electron chi connectivity index (χ3n) is 4.20. The van der Waals surface area contributed by atoms with Crippen LogP contribution in [0.25, 0.3) is 0 Å². The van der Waals surface area contributed by atoms with Crippen LogP contribution in [0, 0.1) is 17.3 Å². The summed E-state index contributed by atoms with van der Waals surface area (Å²) in [5, 5.41) is 9.37. The van der Waals surface area contributed by atoms with Crippen molar-refractivity contribution in [1.82, 2.24) is 4.90 Å². The summed E-state index contributed by atoms with van der Waals surface area (Å²) in [5.74, 6) is -1.67. The fourth-order valence-corrected chi connectivity index (χ4v) is 2.83. The van der Waals surface area contributed by atoms with Crippen molar-refractivity contribution in [2.24, 2.45) is 17.3 Å². The quantitative estimate of drug-likeness (QED) is 0.801. The number of hydrogen-bond acceptors (Lipinski definition) is 2. The molecular formula is C15H27NO3. The summed E-state index contributed by atoms with van der Waals surface area (Å²) in [4.78, 5) is 25.8. The number of carboxylic acids is 1. The molecule has 0 radical (unpaired) electrons. The van der Waals surface area contributed by atoms with Crippen molar-refractivity contribution in [2.75, 3.05) is 6.54 Å². The van der Waals surface area contributed by atoms with Crippen LogP contribution in [0.5, 0.6) is 0 Å². The van der Waals surface area contributed by atoms with Gasteiger partial charge >= 0.3 is 5.97 Å². The van der Waals surface area contributed by atoms with Gasteiger partial charge in [-0.15, -0.1) is 0 Å². The first kappa shape index (κ1) is 16.0. The lowest BCUT2D eigenvalue weighted by Crippen LogP contribution is -2.52. The number of aliphatic carboxylic acids is 1. The molecule has 0 aromatic heterocycles. The van der Waals surface area contributed by atoms with E-state index in [0.717, 1.165) is 19.3 Å². The van der Waals surface area contributed by atoms with Crippen LogP contribution >= 0.6 is 0 Å². The molecule has 0 aromatic carbocycles. The van der Waals surface area contributed by atoms with E-state index in [1.54, 1.807) is 4.90 Å². The second-order valence-corrected chi connectivity index (χ2v) is 6.83. The monoisotopic (exact) mass is 269 g/mol. The summed E-state index contributed by atoms with van der Waals surface area (Å²) in [6.07, 6.45) is 3.15. The molecule has 1 rings (SSSR count). The molecule has 0 saturated carbocycles. The number of rotatable bonds is 3. The number of carbonyl (C=O) groups excluding carboxylic acids is 1. The zero-order valence-electron chi connectivity index (χ0n) is 12.8. The van der Waals surface area contributed by atoms with Crippen molar-refractivity contribution in [3.63, 3.8) is 0 Å². The van der Waals surface area contributed by atoms with Crippen molar-refractivity contribution in [3.05, 3.63) is 0 Å². The smallest absolute Gasteiger partial charge is 0.316 e. The third kappa shape index (κ3) is 3.71. The van der Waals surface area contributed by atoms with Gasteiger partial charge in [-0.05, 0) is 31.1 Å². The first-order chi connectivity index (χ1) is 8.68. The summed E-state index contributed by atoms with van der Waals surface area (Å²) in [6.45, 7) is 10.3. The Kier molecular flexibility index (Phi) is 4.99.